The first-order chi connectivity index (χ1) is 48.5. The lowest BCUT2D eigenvalue weighted by Crippen LogP contribution is -2.34. The van der Waals surface area contributed by atoms with E-state index in [1.807, 2.05) is 170 Å². The van der Waals surface area contributed by atoms with Gasteiger partial charge in [-0.1, -0.05) is 188 Å². The van der Waals surface area contributed by atoms with Crippen molar-refractivity contribution in [1.82, 2.24) is 14.1 Å². The van der Waals surface area contributed by atoms with Crippen LogP contribution in [0, 0.1) is 6.33 Å². The normalized spacial score (nSPS) is 19.3. The van der Waals surface area contributed by atoms with Gasteiger partial charge in [-0.15, -0.1) is 0 Å². The van der Waals surface area contributed by atoms with Crippen molar-refractivity contribution in [2.45, 2.75) is 77.2 Å². The Morgan fingerprint density at radius 2 is 1.21 bits per heavy atom. The minimum Gasteiger partial charge on any atom is -0.458 e. The zero-order valence-electron chi connectivity index (χ0n) is 64.7. The molecular formula is C78H62N4O2. The van der Waals surface area contributed by atoms with Crippen LogP contribution in [0.5, 0.6) is 11.5 Å². The fourth-order valence-electron chi connectivity index (χ4n) is 12.5. The molecule has 0 radical (unpaired) electrons. The molecule has 0 fully saturated rings. The van der Waals surface area contributed by atoms with Crippen LogP contribution in [0.4, 0.5) is 0 Å². The van der Waals surface area contributed by atoms with Gasteiger partial charge in [0.25, 0.3) is 6.33 Å². The lowest BCUT2D eigenvalue weighted by atomic mass is 9.63. The number of fused-ring (bicyclic) bond motifs is 14. The number of hydrogen-bond donors (Lipinski definition) is 0. The van der Waals surface area contributed by atoms with Crippen LogP contribution in [0.3, 0.4) is 0 Å². The highest BCUT2D eigenvalue weighted by atomic mass is 16.5. The molecule has 6 nitrogen and oxygen atoms in total. The molecular weight excluding hydrogens is 1020 g/mol. The number of ether oxygens (including phenoxy) is 1. The fourth-order valence-corrected chi connectivity index (χ4v) is 12.5. The van der Waals surface area contributed by atoms with Gasteiger partial charge in [0.2, 0.25) is 0 Å². The molecule has 0 saturated heterocycles. The highest BCUT2D eigenvalue weighted by Gasteiger charge is 2.38. The Labute approximate surface area is 516 Å². The van der Waals surface area contributed by atoms with Gasteiger partial charge in [0, 0.05) is 55.7 Å². The molecule has 0 N–H and O–H groups in total. The Balaban J connectivity index is 0.986. The third kappa shape index (κ3) is 7.84. The molecule has 0 unspecified atom stereocenters. The van der Waals surface area contributed by atoms with Crippen LogP contribution in [-0.2, 0) is 16.2 Å². The standard InChI is InChI=1S/C78H62N4O2/c1-76(2,3)51-37-40-79-73(44-51)82-68-26-12-10-21-59(68)60-34-32-54(46-70(60)82)83-53-18-14-17-52(45-53)80-47-81-74-55(50-30-35-66-67(43-50)78(6,7)39-38-77(66,4)5)23-15-24-63(74)64-41-48(49-31-36-72-65(42-49)61-22-11-13-28-71(61)84-72)29-33-58(64)56-19-8-9-20-57(56)62-25-16-27-69(80)75(62)81/h8-37,40-46H,38-39H2,1-7H3/i4D3,5D3,6D3,7D3,30D,35D,38D2,39D2,43D. The fraction of sp³-hybridized carbons (Fsp3) is 0.154. The van der Waals surface area contributed by atoms with Gasteiger partial charge < -0.3 is 9.15 Å². The summed E-state index contributed by atoms with van der Waals surface area (Å²) < 4.78 is 197. The van der Waals surface area contributed by atoms with Gasteiger partial charge in [0.1, 0.15) is 28.5 Å². The maximum absolute atomic E-state index is 10.6. The van der Waals surface area contributed by atoms with Crippen molar-refractivity contribution in [3.63, 3.8) is 0 Å². The van der Waals surface area contributed by atoms with Crippen LogP contribution < -0.4 is 9.30 Å². The first kappa shape index (κ1) is 34.0. The summed E-state index contributed by atoms with van der Waals surface area (Å²) in [5.41, 5.74) is -1.87. The largest absolute Gasteiger partial charge is 0.458 e. The minimum absolute atomic E-state index is 0.0848. The van der Waals surface area contributed by atoms with E-state index in [0.29, 0.717) is 67.2 Å². The quantitative estimate of drug-likeness (QED) is 0.123. The maximum Gasteiger partial charge on any atom is 0.269 e. The number of pyridine rings is 1. The average molecular weight is 1110 g/mol. The molecule has 0 saturated carbocycles. The van der Waals surface area contributed by atoms with E-state index in [9.17, 15) is 17.8 Å². The van der Waals surface area contributed by atoms with Crippen LogP contribution >= 0.6 is 0 Å². The summed E-state index contributed by atoms with van der Waals surface area (Å²) in [6.45, 7) is -10.6. The number of rotatable bonds is 6. The molecule has 406 valence electrons. The maximum atomic E-state index is 10.6. The van der Waals surface area contributed by atoms with Gasteiger partial charge >= 0.3 is 0 Å². The second-order valence-corrected chi connectivity index (χ2v) is 22.8. The summed E-state index contributed by atoms with van der Waals surface area (Å²) in [6, 6.07) is 59.2. The number of hydrogen-bond acceptors (Lipinski definition) is 3. The number of nitrogens with zero attached hydrogens (tertiary/aromatic N) is 4. The predicted molar refractivity (Wildman–Crippen MR) is 344 cm³/mol. The van der Waals surface area contributed by atoms with E-state index in [1.165, 1.54) is 6.07 Å². The van der Waals surface area contributed by atoms with Gasteiger partial charge in [-0.25, -0.2) is 4.98 Å². The van der Waals surface area contributed by atoms with Crippen molar-refractivity contribution in [2.75, 3.05) is 0 Å². The van der Waals surface area contributed by atoms with E-state index in [-0.39, 0.29) is 16.7 Å². The molecule has 0 atom stereocenters. The molecule has 0 amide bonds. The molecule has 0 bridgehead atoms. The molecule has 4 aromatic heterocycles. The van der Waals surface area contributed by atoms with Gasteiger partial charge in [-0.05, 0) is 174 Å². The highest BCUT2D eigenvalue weighted by molar-refractivity contribution is 6.10. The zero-order valence-corrected chi connectivity index (χ0v) is 45.7. The first-order valence-electron chi connectivity index (χ1n) is 37.3. The Bertz CT molecular complexity index is 5900. The monoisotopic (exact) mass is 1110 g/mol. The topological polar surface area (TPSA) is 49.0 Å². The van der Waals surface area contributed by atoms with Crippen LogP contribution in [0.1, 0.15) is 104 Å². The number of para-hydroxylation sites is 4. The third-order valence-corrected chi connectivity index (χ3v) is 16.5. The van der Waals surface area contributed by atoms with Crippen molar-refractivity contribution < 1.29 is 39.8 Å². The molecule has 14 aromatic rings. The van der Waals surface area contributed by atoms with Gasteiger partial charge in [0.15, 0.2) is 0 Å². The Morgan fingerprint density at radius 3 is 2.07 bits per heavy atom. The highest BCUT2D eigenvalue weighted by Crippen LogP contribution is 2.50. The van der Waals surface area contributed by atoms with Gasteiger partial charge in [-0.3, -0.25) is 13.7 Å². The summed E-state index contributed by atoms with van der Waals surface area (Å²) >= 11 is 0. The van der Waals surface area contributed by atoms with Crippen molar-refractivity contribution in [3.05, 3.63) is 248 Å². The van der Waals surface area contributed by atoms with E-state index >= 15 is 0 Å². The van der Waals surface area contributed by atoms with E-state index in [4.69, 9.17) is 22.4 Å². The summed E-state index contributed by atoms with van der Waals surface area (Å²) in [5, 5.41) is 3.73. The lowest BCUT2D eigenvalue weighted by Gasteiger charge is -2.42. The van der Waals surface area contributed by atoms with Crippen LogP contribution in [-0.4, -0.2) is 14.1 Å². The molecule has 84 heavy (non-hydrogen) atoms. The smallest absolute Gasteiger partial charge is 0.269 e. The van der Waals surface area contributed by atoms with Crippen LogP contribution in [0.25, 0.3) is 128 Å². The first-order valence-corrected chi connectivity index (χ1v) is 27.8. The average Bonchev–Trinajstić information content (AvgIpc) is 1.24. The summed E-state index contributed by atoms with van der Waals surface area (Å²) in [6.07, 6.45) is -3.62. The van der Waals surface area contributed by atoms with Crippen molar-refractivity contribution >= 4 is 54.8 Å². The number of aromatic nitrogens is 4. The minimum atomic E-state index is -4.54. The molecule has 5 heterocycles. The SMILES string of the molecule is [2H]c1c([2H])c2c(c([2H])c1-c1cccc3c1-[n+]1[c-]n(-c4cccc(Oc5ccc6c7ccccc7n(-c7cc(C(C)(C)C)ccn7)c6c5)c4)c4cccc(c41)-c1ccccc1-c1ccc(-c4ccc5oc6ccccc6c5c4)cc1-3)C(C([2H])([2H])[2H])(C([2H])([2H])[2H])C([2H])([2H])C([2H])([2H])C2(C([2H])([2H])[2H])C([2H])([2H])[2H]. The summed E-state index contributed by atoms with van der Waals surface area (Å²) in [5.74, 6) is 1.65. The molecule has 1 aliphatic carbocycles. The van der Waals surface area contributed by atoms with Gasteiger partial charge in [-0.2, -0.15) is 0 Å². The Hall–Kier alpha value is -9.78. The molecule has 0 spiro atoms. The molecule has 2 aliphatic rings. The summed E-state index contributed by atoms with van der Waals surface area (Å²) in [4.78, 5) is 4.87. The molecule has 1 aliphatic heterocycles. The number of benzene rings is 10. The number of imidazole rings is 1. The predicted octanol–water partition coefficient (Wildman–Crippen LogP) is 20.2. The van der Waals surface area contributed by atoms with Crippen LogP contribution in [0.2, 0.25) is 0 Å². The van der Waals surface area contributed by atoms with Crippen LogP contribution in [0.15, 0.2) is 229 Å². The molecule has 6 heteroatoms. The lowest BCUT2D eigenvalue weighted by molar-refractivity contribution is -0.570. The molecule has 10 aromatic carbocycles. The van der Waals surface area contributed by atoms with E-state index in [2.05, 4.69) is 49.9 Å². The second kappa shape index (κ2) is 18.4. The summed E-state index contributed by atoms with van der Waals surface area (Å²) in [7, 11) is 0. The Kier molecular flexibility index (Phi) is 7.43. The third-order valence-electron chi connectivity index (χ3n) is 16.5. The second-order valence-electron chi connectivity index (χ2n) is 22.8. The van der Waals surface area contributed by atoms with Crippen molar-refractivity contribution in [1.29, 1.82) is 0 Å². The molecule has 16 rings (SSSR count). The van der Waals surface area contributed by atoms with Gasteiger partial charge in [0.05, 0.1) is 37.6 Å². The van der Waals surface area contributed by atoms with E-state index in [1.54, 1.807) is 21.3 Å². The van der Waals surface area contributed by atoms with Crippen molar-refractivity contribution in [3.8, 4) is 84.3 Å². The van der Waals surface area contributed by atoms with Crippen molar-refractivity contribution in [2.24, 2.45) is 0 Å². The number of furan rings is 1. The van der Waals surface area contributed by atoms with E-state index in [0.717, 1.165) is 60.6 Å². The van der Waals surface area contributed by atoms with E-state index < -0.39 is 85.8 Å². The Morgan fingerprint density at radius 1 is 0.548 bits per heavy atom. The zero-order chi connectivity index (χ0) is 73.0.